The molecular weight excluding hydrogens is 674 g/mol. The molecule has 0 aliphatic carbocycles. The number of carboxylic acids is 1. The van der Waals surface area contributed by atoms with Crippen LogP contribution in [0.4, 0.5) is 11.8 Å². The van der Waals surface area contributed by atoms with Crippen molar-refractivity contribution in [3.8, 4) is 5.75 Å². The second kappa shape index (κ2) is 20.2. The van der Waals surface area contributed by atoms with E-state index in [1.807, 2.05) is 11.0 Å². The van der Waals surface area contributed by atoms with E-state index >= 15 is 0 Å². The summed E-state index contributed by atoms with van der Waals surface area (Å²) in [5.41, 5.74) is 11.5. The third kappa shape index (κ3) is 14.3. The molecule has 48 heavy (non-hydrogen) atoms. The molecule has 3 aromatic rings. The summed E-state index contributed by atoms with van der Waals surface area (Å²) in [4.78, 5) is 42.3. The minimum absolute atomic E-state index is 0.0236. The molecule has 0 bridgehead atoms. The smallest absolute Gasteiger partial charge is 0.320 e. The molecule has 264 valence electrons. The van der Waals surface area contributed by atoms with E-state index in [0.717, 1.165) is 24.9 Å². The Morgan fingerprint density at radius 1 is 1.21 bits per heavy atom. The number of aliphatic hydroxyl groups excluding tert-OH is 1. The molecule has 18 nitrogen and oxygen atoms in total. The van der Waals surface area contributed by atoms with Crippen molar-refractivity contribution in [3.05, 3.63) is 64.8 Å². The molecule has 1 unspecified atom stereocenters. The Morgan fingerprint density at radius 2 is 1.90 bits per heavy atom. The van der Waals surface area contributed by atoms with Crippen LogP contribution in [-0.4, -0.2) is 98.4 Å². The van der Waals surface area contributed by atoms with Crippen LogP contribution in [0.15, 0.2) is 42.9 Å². The maximum absolute atomic E-state index is 13.0. The highest BCUT2D eigenvalue weighted by molar-refractivity contribution is 7.79. The highest BCUT2D eigenvalue weighted by Crippen LogP contribution is 2.27. The van der Waals surface area contributed by atoms with E-state index in [1.54, 1.807) is 37.7 Å². The van der Waals surface area contributed by atoms with Gasteiger partial charge in [0.2, 0.25) is 5.95 Å². The molecule has 1 fully saturated rings. The number of anilines is 2. The third-order valence-electron chi connectivity index (χ3n) is 6.60. The number of methoxy groups -OCH3 is 1. The van der Waals surface area contributed by atoms with E-state index in [2.05, 4.69) is 30.6 Å². The molecule has 1 aromatic carbocycles. The van der Waals surface area contributed by atoms with Crippen LogP contribution in [-0.2, 0) is 28.3 Å². The number of aromatic nitrogens is 4. The second-order valence-corrected chi connectivity index (χ2v) is 11.3. The average Bonchev–Trinajstić information content (AvgIpc) is 3.54. The van der Waals surface area contributed by atoms with Crippen molar-refractivity contribution < 1.29 is 42.1 Å². The zero-order chi connectivity index (χ0) is 35.7. The number of nitrogens with zero attached hydrogens (tertiary/aromatic N) is 5. The van der Waals surface area contributed by atoms with Crippen molar-refractivity contribution >= 4 is 45.6 Å². The number of hydrogen-bond acceptors (Lipinski definition) is 16. The molecule has 0 spiro atoms. The summed E-state index contributed by atoms with van der Waals surface area (Å²) in [5.74, 6) is 0.625. The van der Waals surface area contributed by atoms with Crippen molar-refractivity contribution in [1.29, 1.82) is 0 Å². The Hall–Kier alpha value is -4.24. The zero-order valence-corrected chi connectivity index (χ0v) is 27.6. The van der Waals surface area contributed by atoms with Gasteiger partial charge in [-0.2, -0.15) is 4.98 Å². The van der Waals surface area contributed by atoms with Gasteiger partial charge in [0.05, 0.1) is 31.3 Å². The van der Waals surface area contributed by atoms with Crippen molar-refractivity contribution in [2.24, 2.45) is 11.5 Å². The van der Waals surface area contributed by atoms with Gasteiger partial charge in [-0.1, -0.05) is 17.7 Å². The number of hydrogen-bond donors (Lipinski definition) is 6. The molecular formula is C28H38ClN9O9S-2. The summed E-state index contributed by atoms with van der Waals surface area (Å²) in [6, 6.07) is 6.40. The molecule has 3 heterocycles. The van der Waals surface area contributed by atoms with Gasteiger partial charge in [0, 0.05) is 42.1 Å². The Kier molecular flexibility index (Phi) is 16.8. The van der Waals surface area contributed by atoms with Crippen molar-refractivity contribution in [2.75, 3.05) is 37.0 Å². The minimum Gasteiger partial charge on any atom is -0.759 e. The number of benzene rings is 1. The van der Waals surface area contributed by atoms with Gasteiger partial charge in [0.25, 0.3) is 5.91 Å². The Labute approximate surface area is 282 Å². The lowest BCUT2D eigenvalue weighted by Crippen LogP contribution is -2.34. The van der Waals surface area contributed by atoms with Gasteiger partial charge in [0.15, 0.2) is 0 Å². The molecule has 1 saturated heterocycles. The fourth-order valence-electron chi connectivity index (χ4n) is 4.24. The molecule has 1 aliphatic rings. The van der Waals surface area contributed by atoms with Gasteiger partial charge in [-0.15, -0.1) is 0 Å². The fraction of sp³-hybridized carbons (Fsp3) is 0.429. The minimum atomic E-state index is -5.17. The summed E-state index contributed by atoms with van der Waals surface area (Å²) in [7, 11) is -3.61. The van der Waals surface area contributed by atoms with E-state index < -0.39 is 22.4 Å². The highest BCUT2D eigenvalue weighted by atomic mass is 35.5. The molecule has 1 amide bonds. The van der Waals surface area contributed by atoms with Crippen LogP contribution in [0.2, 0.25) is 5.02 Å². The van der Waals surface area contributed by atoms with Gasteiger partial charge in [-0.25, -0.2) is 15.0 Å². The molecule has 2 atom stereocenters. The molecule has 20 heteroatoms. The van der Waals surface area contributed by atoms with Crippen LogP contribution in [0.3, 0.4) is 0 Å². The van der Waals surface area contributed by atoms with Crippen LogP contribution in [0.25, 0.3) is 0 Å². The van der Waals surface area contributed by atoms with Crippen LogP contribution in [0.5, 0.6) is 5.75 Å². The van der Waals surface area contributed by atoms with Crippen LogP contribution >= 0.6 is 11.6 Å². The largest absolute Gasteiger partial charge is 0.759 e. The normalized spacial score (nSPS) is 14.5. The number of carbonyl (C=O) groups is 2. The maximum Gasteiger partial charge on any atom is 0.320 e. The first kappa shape index (κ1) is 39.9. The predicted molar refractivity (Wildman–Crippen MR) is 172 cm³/mol. The molecule has 8 N–H and O–H groups in total. The molecule has 0 saturated carbocycles. The summed E-state index contributed by atoms with van der Waals surface area (Å²) >= 11 is 6.25. The molecule has 2 aromatic heterocycles. The maximum atomic E-state index is 13.0. The van der Waals surface area contributed by atoms with Crippen molar-refractivity contribution in [1.82, 2.24) is 25.3 Å². The number of amides is 1. The SMILES string of the molecule is COc1ccc(CNc2nc(N3CCCC3CO)ncc2C(=O)NCc2ncccn2)cc1Cl.NCCC[C@H](N)C(=O)O.O=S(=O)([O-])[O-]. The van der Waals surface area contributed by atoms with Gasteiger partial charge in [-0.3, -0.25) is 18.0 Å². The van der Waals surface area contributed by atoms with Gasteiger partial charge >= 0.3 is 5.97 Å². The molecule has 4 rings (SSSR count). The van der Waals surface area contributed by atoms with Crippen LogP contribution in [0, 0.1) is 0 Å². The first-order chi connectivity index (χ1) is 22.8. The summed E-state index contributed by atoms with van der Waals surface area (Å²) in [6.45, 7) is 1.83. The Morgan fingerprint density at radius 3 is 2.48 bits per heavy atom. The van der Waals surface area contributed by atoms with E-state index in [4.69, 9.17) is 50.4 Å². The lowest BCUT2D eigenvalue weighted by Gasteiger charge is -2.24. The Bertz CT molecular complexity index is 1570. The Balaban J connectivity index is 0.000000480. The van der Waals surface area contributed by atoms with Gasteiger partial charge in [0.1, 0.15) is 29.0 Å². The van der Waals surface area contributed by atoms with E-state index in [-0.39, 0.29) is 25.1 Å². The lowest BCUT2D eigenvalue weighted by atomic mass is 10.2. The van der Waals surface area contributed by atoms with E-state index in [9.17, 15) is 14.7 Å². The third-order valence-corrected chi connectivity index (χ3v) is 6.90. The molecule has 1 aliphatic heterocycles. The number of rotatable bonds is 13. The van der Waals surface area contributed by atoms with E-state index in [1.165, 1.54) is 6.20 Å². The van der Waals surface area contributed by atoms with Gasteiger partial charge < -0.3 is 51.1 Å². The van der Waals surface area contributed by atoms with Gasteiger partial charge in [-0.05, 0) is 56.0 Å². The number of nitrogens with one attached hydrogen (secondary N) is 2. The summed E-state index contributed by atoms with van der Waals surface area (Å²) in [6.07, 6.45) is 7.69. The van der Waals surface area contributed by atoms with Crippen LogP contribution < -0.4 is 31.7 Å². The summed E-state index contributed by atoms with van der Waals surface area (Å²) in [5, 5.41) is 24.5. The summed E-state index contributed by atoms with van der Waals surface area (Å²) < 4.78 is 39.3. The number of nitrogens with two attached hydrogens (primary N) is 2. The van der Waals surface area contributed by atoms with Crippen molar-refractivity contribution in [2.45, 2.75) is 50.9 Å². The number of carbonyl (C=O) groups excluding carboxylic acids is 1. The lowest BCUT2D eigenvalue weighted by molar-refractivity contribution is -0.138. The highest BCUT2D eigenvalue weighted by Gasteiger charge is 2.27. The van der Waals surface area contributed by atoms with Crippen molar-refractivity contribution in [3.63, 3.8) is 0 Å². The predicted octanol–water partition coefficient (Wildman–Crippen LogP) is 0.231. The number of aliphatic hydroxyl groups is 1. The monoisotopic (exact) mass is 711 g/mol. The quantitative estimate of drug-likeness (QED) is 0.102. The first-order valence-corrected chi connectivity index (χ1v) is 16.2. The number of carboxylic acid groups (broad SMARTS) is 1. The van der Waals surface area contributed by atoms with Crippen LogP contribution in [0.1, 0.15) is 47.4 Å². The fourth-order valence-corrected chi connectivity index (χ4v) is 4.52. The average molecular weight is 712 g/mol. The standard InChI is InChI=1S/C23H26ClN7O3.C5H12N2O2.H2O4S/c1-34-19-6-5-15(10-18(19)24)11-27-21-17(22(33)28-13-20-25-7-3-8-26-20)12-29-23(30-21)31-9-2-4-16(31)14-32;6-3-1-2-4(7)5(8)9;1-5(2,3)4/h3,5-8,10,12,16,32H,2,4,9,11,13-14H2,1H3,(H,28,33)(H,27,29,30);4H,1-3,6-7H2,(H,8,9);(H2,1,2,3,4)/p-2/t;4-;/m.0./s1. The second-order valence-electron chi connectivity index (χ2n) is 10.1. The topological polar surface area (TPSA) is 295 Å². The van der Waals surface area contributed by atoms with E-state index in [0.29, 0.717) is 59.9 Å². The first-order valence-electron chi connectivity index (χ1n) is 14.5. The zero-order valence-electron chi connectivity index (χ0n) is 26.0. The molecule has 0 radical (unpaired) electrons. The number of halogens is 1. The number of aliphatic carboxylic acids is 1. The number of ether oxygens (including phenoxy) is 1.